The van der Waals surface area contributed by atoms with Crippen molar-refractivity contribution in [2.75, 3.05) is 13.1 Å². The zero-order chi connectivity index (χ0) is 19.8. The Morgan fingerprint density at radius 2 is 2.07 bits per heavy atom. The zero-order valence-electron chi connectivity index (χ0n) is 16.0. The number of fused-ring (bicyclic) bond motifs is 1. The highest BCUT2D eigenvalue weighted by atomic mass is 32.1. The van der Waals surface area contributed by atoms with Crippen molar-refractivity contribution in [3.8, 4) is 16.5 Å². The highest BCUT2D eigenvalue weighted by molar-refractivity contribution is 7.13. The molecule has 6 nitrogen and oxygen atoms in total. The maximum atomic E-state index is 13.0. The van der Waals surface area contributed by atoms with Crippen LogP contribution in [0.25, 0.3) is 21.5 Å². The summed E-state index contributed by atoms with van der Waals surface area (Å²) in [6.45, 7) is 1.21. The number of pyridine rings is 1. The monoisotopic (exact) mass is 404 g/mol. The van der Waals surface area contributed by atoms with Crippen LogP contribution in [0.2, 0.25) is 0 Å². The molecule has 1 unspecified atom stereocenters. The standard InChI is InChI=1S/C22H20N4O2S/c1-25-19(13-18(24-25)20-7-4-12-29-20)22(27)26-11-10-16(14-26)28-21-9-8-15-5-2-3-6-17(15)23-21/h2-9,12-13,16H,10-11,14H2,1H3. The van der Waals surface area contributed by atoms with Crippen molar-refractivity contribution < 1.29 is 9.53 Å². The Morgan fingerprint density at radius 1 is 1.17 bits per heavy atom. The van der Waals surface area contributed by atoms with Gasteiger partial charge >= 0.3 is 0 Å². The van der Waals surface area contributed by atoms with E-state index in [1.54, 1.807) is 16.0 Å². The van der Waals surface area contributed by atoms with Gasteiger partial charge < -0.3 is 9.64 Å². The van der Waals surface area contributed by atoms with Gasteiger partial charge in [0.05, 0.1) is 16.9 Å². The molecule has 7 heteroatoms. The molecule has 1 amide bonds. The van der Waals surface area contributed by atoms with Gasteiger partial charge in [-0.15, -0.1) is 11.3 Å². The van der Waals surface area contributed by atoms with Crippen molar-refractivity contribution in [3.05, 3.63) is 65.7 Å². The van der Waals surface area contributed by atoms with Gasteiger partial charge in [0.15, 0.2) is 0 Å². The van der Waals surface area contributed by atoms with Gasteiger partial charge in [-0.2, -0.15) is 5.10 Å². The van der Waals surface area contributed by atoms with Crippen LogP contribution in [0.4, 0.5) is 0 Å². The van der Waals surface area contributed by atoms with Crippen molar-refractivity contribution in [3.63, 3.8) is 0 Å². The fourth-order valence-corrected chi connectivity index (χ4v) is 4.35. The third-order valence-corrected chi connectivity index (χ3v) is 6.06. The molecule has 1 saturated heterocycles. The van der Waals surface area contributed by atoms with Gasteiger partial charge in [-0.05, 0) is 29.6 Å². The van der Waals surface area contributed by atoms with Crippen LogP contribution in [0, 0.1) is 0 Å². The van der Waals surface area contributed by atoms with E-state index in [-0.39, 0.29) is 12.0 Å². The first kappa shape index (κ1) is 17.9. The number of benzene rings is 1. The quantitative estimate of drug-likeness (QED) is 0.516. The van der Waals surface area contributed by atoms with Gasteiger partial charge in [0.25, 0.3) is 5.91 Å². The lowest BCUT2D eigenvalue weighted by atomic mass is 10.2. The van der Waals surface area contributed by atoms with Crippen LogP contribution >= 0.6 is 11.3 Å². The van der Waals surface area contributed by atoms with E-state index in [0.717, 1.165) is 27.9 Å². The van der Waals surface area contributed by atoms with Crippen LogP contribution in [-0.4, -0.2) is 44.8 Å². The Kier molecular flexibility index (Phi) is 4.52. The van der Waals surface area contributed by atoms with Gasteiger partial charge in [0, 0.05) is 31.5 Å². The van der Waals surface area contributed by atoms with E-state index in [0.29, 0.717) is 24.7 Å². The molecule has 0 bridgehead atoms. The molecule has 4 heterocycles. The first-order valence-corrected chi connectivity index (χ1v) is 10.4. The molecular weight excluding hydrogens is 384 g/mol. The number of amides is 1. The Bertz CT molecular complexity index is 1170. The summed E-state index contributed by atoms with van der Waals surface area (Å²) in [6, 6.07) is 17.7. The molecule has 4 aromatic rings. The Balaban J connectivity index is 1.28. The van der Waals surface area contributed by atoms with Crippen molar-refractivity contribution in [2.24, 2.45) is 7.05 Å². The lowest BCUT2D eigenvalue weighted by Crippen LogP contribution is -2.32. The number of hydrogen-bond acceptors (Lipinski definition) is 5. The van der Waals surface area contributed by atoms with E-state index >= 15 is 0 Å². The van der Waals surface area contributed by atoms with Crippen LogP contribution in [0.3, 0.4) is 0 Å². The first-order chi connectivity index (χ1) is 14.2. The van der Waals surface area contributed by atoms with Crippen molar-refractivity contribution in [1.29, 1.82) is 0 Å². The number of aryl methyl sites for hydroxylation is 1. The number of ether oxygens (including phenoxy) is 1. The fraction of sp³-hybridized carbons (Fsp3) is 0.227. The SMILES string of the molecule is Cn1nc(-c2cccs2)cc1C(=O)N1CCC(Oc2ccc3ccccc3n2)C1. The number of carbonyl (C=O) groups is 1. The molecule has 1 aromatic carbocycles. The molecule has 146 valence electrons. The van der Waals surface area contributed by atoms with E-state index in [9.17, 15) is 4.79 Å². The van der Waals surface area contributed by atoms with Crippen LogP contribution in [-0.2, 0) is 7.05 Å². The van der Waals surface area contributed by atoms with E-state index in [1.165, 1.54) is 0 Å². The summed E-state index contributed by atoms with van der Waals surface area (Å²) in [6.07, 6.45) is 0.730. The summed E-state index contributed by atoms with van der Waals surface area (Å²) >= 11 is 1.62. The summed E-state index contributed by atoms with van der Waals surface area (Å²) in [4.78, 5) is 20.5. The zero-order valence-corrected chi connectivity index (χ0v) is 16.8. The maximum Gasteiger partial charge on any atom is 0.272 e. The predicted molar refractivity (Wildman–Crippen MR) is 113 cm³/mol. The van der Waals surface area contributed by atoms with E-state index in [4.69, 9.17) is 4.74 Å². The summed E-state index contributed by atoms with van der Waals surface area (Å²) in [5, 5.41) is 7.59. The largest absolute Gasteiger partial charge is 0.472 e. The second-order valence-electron chi connectivity index (χ2n) is 7.14. The number of carbonyl (C=O) groups excluding carboxylic acids is 1. The van der Waals surface area contributed by atoms with Crippen LogP contribution < -0.4 is 4.74 Å². The Morgan fingerprint density at radius 3 is 2.93 bits per heavy atom. The molecule has 0 aliphatic carbocycles. The average molecular weight is 404 g/mol. The minimum absolute atomic E-state index is 0.0135. The third kappa shape index (κ3) is 3.49. The van der Waals surface area contributed by atoms with Crippen LogP contribution in [0.5, 0.6) is 5.88 Å². The minimum Gasteiger partial charge on any atom is -0.472 e. The predicted octanol–water partition coefficient (Wildman–Crippen LogP) is 3.99. The average Bonchev–Trinajstić information content (AvgIpc) is 3.48. The van der Waals surface area contributed by atoms with E-state index in [1.807, 2.05) is 71.9 Å². The molecule has 1 aliphatic rings. The summed E-state index contributed by atoms with van der Waals surface area (Å²) in [5.41, 5.74) is 2.34. The summed E-state index contributed by atoms with van der Waals surface area (Å²) in [5.74, 6) is 0.587. The highest BCUT2D eigenvalue weighted by Crippen LogP contribution is 2.26. The lowest BCUT2D eigenvalue weighted by molar-refractivity contribution is 0.0760. The Hall–Kier alpha value is -3.19. The normalized spacial score (nSPS) is 16.4. The topological polar surface area (TPSA) is 60.2 Å². The fourth-order valence-electron chi connectivity index (χ4n) is 3.67. The number of likely N-dealkylation sites (tertiary alicyclic amines) is 1. The second kappa shape index (κ2) is 7.33. The van der Waals surface area contributed by atoms with Crippen LogP contribution in [0.1, 0.15) is 16.9 Å². The number of para-hydroxylation sites is 1. The molecule has 1 aliphatic heterocycles. The van der Waals surface area contributed by atoms with E-state index < -0.39 is 0 Å². The molecule has 0 radical (unpaired) electrons. The van der Waals surface area contributed by atoms with Crippen molar-refractivity contribution in [1.82, 2.24) is 19.7 Å². The number of rotatable bonds is 4. The third-order valence-electron chi connectivity index (χ3n) is 5.17. The highest BCUT2D eigenvalue weighted by Gasteiger charge is 2.30. The molecular formula is C22H20N4O2S. The van der Waals surface area contributed by atoms with Crippen molar-refractivity contribution >= 4 is 28.1 Å². The second-order valence-corrected chi connectivity index (χ2v) is 8.09. The maximum absolute atomic E-state index is 13.0. The smallest absolute Gasteiger partial charge is 0.272 e. The first-order valence-electron chi connectivity index (χ1n) is 9.57. The molecule has 1 atom stereocenters. The number of nitrogens with zero attached hydrogens (tertiary/aromatic N) is 4. The Labute approximate surface area is 172 Å². The van der Waals surface area contributed by atoms with Gasteiger partial charge in [0.1, 0.15) is 17.5 Å². The molecule has 0 saturated carbocycles. The molecule has 3 aromatic heterocycles. The lowest BCUT2D eigenvalue weighted by Gasteiger charge is -2.17. The van der Waals surface area contributed by atoms with Crippen LogP contribution in [0.15, 0.2) is 60.0 Å². The van der Waals surface area contributed by atoms with Gasteiger partial charge in [-0.3, -0.25) is 9.48 Å². The summed E-state index contributed by atoms with van der Waals surface area (Å²) < 4.78 is 7.73. The van der Waals surface area contributed by atoms with Gasteiger partial charge in [-0.1, -0.05) is 24.3 Å². The minimum atomic E-state index is -0.0578. The molecule has 5 rings (SSSR count). The summed E-state index contributed by atoms with van der Waals surface area (Å²) in [7, 11) is 1.81. The van der Waals surface area contributed by atoms with Crippen molar-refractivity contribution in [2.45, 2.75) is 12.5 Å². The molecule has 1 fully saturated rings. The number of thiophene rings is 1. The number of aromatic nitrogens is 3. The van der Waals surface area contributed by atoms with E-state index in [2.05, 4.69) is 10.1 Å². The molecule has 0 spiro atoms. The molecule has 29 heavy (non-hydrogen) atoms. The van der Waals surface area contributed by atoms with Gasteiger partial charge in [0.2, 0.25) is 5.88 Å². The molecule has 0 N–H and O–H groups in total. The number of hydrogen-bond donors (Lipinski definition) is 0. The van der Waals surface area contributed by atoms with Gasteiger partial charge in [-0.25, -0.2) is 4.98 Å².